The molecule has 0 saturated carbocycles. The molecule has 1 unspecified atom stereocenters. The Balaban J connectivity index is 2.37. The Morgan fingerprint density at radius 2 is 2.00 bits per heavy atom. The fourth-order valence-corrected chi connectivity index (χ4v) is 1.84. The number of nitrogens with zero attached hydrogens (tertiary/aromatic N) is 3. The molecular weight excluding hydrogens is 218 g/mol. The van der Waals surface area contributed by atoms with E-state index in [0.717, 1.165) is 5.56 Å². The molecule has 88 valence electrons. The summed E-state index contributed by atoms with van der Waals surface area (Å²) in [5.41, 5.74) is 1.10. The molecule has 5 nitrogen and oxygen atoms in total. The topological polar surface area (TPSA) is 61.0 Å². The summed E-state index contributed by atoms with van der Waals surface area (Å²) in [6.07, 6.45) is 1.48. The standard InChI is InChI=1S/C12H13N3O2/c1-9(11-6-4-3-5-7-11)14-8-12(15(16)17)13-10(14)2/h3-9H,1-2H3. The van der Waals surface area contributed by atoms with Gasteiger partial charge in [-0.15, -0.1) is 0 Å². The summed E-state index contributed by atoms with van der Waals surface area (Å²) in [6.45, 7) is 3.76. The monoisotopic (exact) mass is 231 g/mol. The van der Waals surface area contributed by atoms with Crippen molar-refractivity contribution in [3.63, 3.8) is 0 Å². The molecule has 0 spiro atoms. The predicted octanol–water partition coefficient (Wildman–Crippen LogP) is 2.71. The van der Waals surface area contributed by atoms with E-state index in [2.05, 4.69) is 4.98 Å². The second-order valence-corrected chi connectivity index (χ2v) is 3.90. The third-order valence-corrected chi connectivity index (χ3v) is 2.79. The SMILES string of the molecule is Cc1nc([N+](=O)[O-])cn1C(C)c1ccccc1. The van der Waals surface area contributed by atoms with Crippen LogP contribution in [0.15, 0.2) is 36.5 Å². The van der Waals surface area contributed by atoms with Crippen LogP contribution in [0.25, 0.3) is 0 Å². The number of aromatic nitrogens is 2. The Hall–Kier alpha value is -2.17. The number of hydrogen-bond donors (Lipinski definition) is 0. The quantitative estimate of drug-likeness (QED) is 0.602. The van der Waals surface area contributed by atoms with Crippen LogP contribution in [-0.4, -0.2) is 14.5 Å². The molecule has 1 aromatic heterocycles. The van der Waals surface area contributed by atoms with E-state index in [9.17, 15) is 10.1 Å². The first kappa shape index (κ1) is 11.3. The van der Waals surface area contributed by atoms with E-state index in [1.807, 2.05) is 41.8 Å². The molecule has 1 aromatic carbocycles. The lowest BCUT2D eigenvalue weighted by Gasteiger charge is -2.13. The Kier molecular flexibility index (Phi) is 2.91. The lowest BCUT2D eigenvalue weighted by molar-refractivity contribution is -0.389. The zero-order valence-corrected chi connectivity index (χ0v) is 9.70. The summed E-state index contributed by atoms with van der Waals surface area (Å²) in [5.74, 6) is 0.540. The van der Waals surface area contributed by atoms with Crippen molar-refractivity contribution < 1.29 is 4.92 Å². The van der Waals surface area contributed by atoms with E-state index < -0.39 is 4.92 Å². The Bertz CT molecular complexity index is 534. The largest absolute Gasteiger partial charge is 0.381 e. The fourth-order valence-electron chi connectivity index (χ4n) is 1.84. The molecule has 17 heavy (non-hydrogen) atoms. The maximum atomic E-state index is 10.7. The Labute approximate surface area is 98.9 Å². The van der Waals surface area contributed by atoms with Gasteiger partial charge >= 0.3 is 5.82 Å². The van der Waals surface area contributed by atoms with Crippen LogP contribution in [0.1, 0.15) is 24.4 Å². The minimum Gasteiger partial charge on any atom is -0.358 e. The molecule has 5 heteroatoms. The van der Waals surface area contributed by atoms with Crippen molar-refractivity contribution in [2.75, 3.05) is 0 Å². The molecule has 0 bridgehead atoms. The number of aryl methyl sites for hydroxylation is 1. The minimum atomic E-state index is -0.471. The van der Waals surface area contributed by atoms with E-state index in [1.54, 1.807) is 6.92 Å². The maximum absolute atomic E-state index is 10.7. The number of rotatable bonds is 3. The lowest BCUT2D eigenvalue weighted by atomic mass is 10.1. The molecule has 0 amide bonds. The van der Waals surface area contributed by atoms with Gasteiger partial charge in [-0.2, -0.15) is 0 Å². The predicted molar refractivity (Wildman–Crippen MR) is 63.9 cm³/mol. The third kappa shape index (κ3) is 2.18. The van der Waals surface area contributed by atoms with Crippen LogP contribution in [0.4, 0.5) is 5.82 Å². The van der Waals surface area contributed by atoms with E-state index in [-0.39, 0.29) is 11.9 Å². The van der Waals surface area contributed by atoms with E-state index in [1.165, 1.54) is 6.20 Å². The summed E-state index contributed by atoms with van der Waals surface area (Å²) in [7, 11) is 0. The normalized spacial score (nSPS) is 12.4. The van der Waals surface area contributed by atoms with Gasteiger partial charge in [-0.25, -0.2) is 0 Å². The highest BCUT2D eigenvalue weighted by Crippen LogP contribution is 2.22. The molecule has 0 aliphatic heterocycles. The van der Waals surface area contributed by atoms with E-state index in [4.69, 9.17) is 0 Å². The Morgan fingerprint density at radius 1 is 1.35 bits per heavy atom. The van der Waals surface area contributed by atoms with Crippen LogP contribution in [-0.2, 0) is 0 Å². The van der Waals surface area contributed by atoms with E-state index >= 15 is 0 Å². The van der Waals surface area contributed by atoms with Crippen LogP contribution in [0.2, 0.25) is 0 Å². The molecule has 0 fully saturated rings. The smallest absolute Gasteiger partial charge is 0.358 e. The van der Waals surface area contributed by atoms with Gasteiger partial charge in [-0.3, -0.25) is 0 Å². The molecule has 0 aliphatic carbocycles. The van der Waals surface area contributed by atoms with Gasteiger partial charge in [0.1, 0.15) is 6.20 Å². The van der Waals surface area contributed by atoms with Crippen LogP contribution in [0.5, 0.6) is 0 Å². The highest BCUT2D eigenvalue weighted by molar-refractivity contribution is 5.24. The first-order valence-electron chi connectivity index (χ1n) is 5.34. The second-order valence-electron chi connectivity index (χ2n) is 3.90. The molecule has 0 aliphatic rings. The van der Waals surface area contributed by atoms with Crippen molar-refractivity contribution in [1.82, 2.24) is 9.55 Å². The zero-order valence-electron chi connectivity index (χ0n) is 9.70. The molecule has 1 atom stereocenters. The van der Waals surface area contributed by atoms with Crippen molar-refractivity contribution in [3.8, 4) is 0 Å². The zero-order chi connectivity index (χ0) is 12.4. The summed E-state index contributed by atoms with van der Waals surface area (Å²) >= 11 is 0. The van der Waals surface area contributed by atoms with Gasteiger partial charge in [-0.05, 0) is 22.4 Å². The first-order chi connectivity index (χ1) is 8.09. The van der Waals surface area contributed by atoms with Gasteiger partial charge in [0.2, 0.25) is 5.82 Å². The number of nitro groups is 1. The van der Waals surface area contributed by atoms with Crippen molar-refractivity contribution in [2.45, 2.75) is 19.9 Å². The van der Waals surface area contributed by atoms with Crippen molar-refractivity contribution in [2.24, 2.45) is 0 Å². The summed E-state index contributed by atoms with van der Waals surface area (Å²) < 4.78 is 1.81. The van der Waals surface area contributed by atoms with Gasteiger partial charge in [0.25, 0.3) is 0 Å². The van der Waals surface area contributed by atoms with Crippen molar-refractivity contribution in [3.05, 3.63) is 58.0 Å². The van der Waals surface area contributed by atoms with Crippen LogP contribution in [0, 0.1) is 17.0 Å². The first-order valence-corrected chi connectivity index (χ1v) is 5.34. The highest BCUT2D eigenvalue weighted by Gasteiger charge is 2.19. The third-order valence-electron chi connectivity index (χ3n) is 2.79. The maximum Gasteiger partial charge on any atom is 0.381 e. The lowest BCUT2D eigenvalue weighted by Crippen LogP contribution is -2.07. The number of hydrogen-bond acceptors (Lipinski definition) is 3. The summed E-state index contributed by atoms with van der Waals surface area (Å²) in [5, 5.41) is 10.7. The molecule has 0 N–H and O–H groups in total. The highest BCUT2D eigenvalue weighted by atomic mass is 16.6. The molecular formula is C12H13N3O2. The summed E-state index contributed by atoms with van der Waals surface area (Å²) in [4.78, 5) is 14.1. The second kappa shape index (κ2) is 4.37. The van der Waals surface area contributed by atoms with Crippen molar-refractivity contribution >= 4 is 5.82 Å². The van der Waals surface area contributed by atoms with E-state index in [0.29, 0.717) is 5.82 Å². The van der Waals surface area contributed by atoms with Gasteiger partial charge in [0.15, 0.2) is 0 Å². The fraction of sp³-hybridized carbons (Fsp3) is 0.250. The van der Waals surface area contributed by atoms with Crippen LogP contribution < -0.4 is 0 Å². The number of benzene rings is 1. The average Bonchev–Trinajstić information content (AvgIpc) is 2.72. The van der Waals surface area contributed by atoms with Gasteiger partial charge in [0.05, 0.1) is 6.04 Å². The van der Waals surface area contributed by atoms with Gasteiger partial charge in [0, 0.05) is 6.92 Å². The molecule has 2 aromatic rings. The average molecular weight is 231 g/mol. The number of imidazole rings is 1. The van der Waals surface area contributed by atoms with Gasteiger partial charge < -0.3 is 14.7 Å². The van der Waals surface area contributed by atoms with Crippen molar-refractivity contribution in [1.29, 1.82) is 0 Å². The molecule has 0 radical (unpaired) electrons. The summed E-state index contributed by atoms with van der Waals surface area (Å²) in [6, 6.07) is 9.88. The molecule has 2 rings (SSSR count). The van der Waals surface area contributed by atoms with Crippen LogP contribution >= 0.6 is 0 Å². The Morgan fingerprint density at radius 3 is 2.53 bits per heavy atom. The minimum absolute atomic E-state index is 0.0393. The molecule has 0 saturated heterocycles. The van der Waals surface area contributed by atoms with Gasteiger partial charge in [-0.1, -0.05) is 30.3 Å². The molecule has 1 heterocycles. The van der Waals surface area contributed by atoms with Crippen LogP contribution in [0.3, 0.4) is 0 Å².